The molecule has 30 heavy (non-hydrogen) atoms. The van der Waals surface area contributed by atoms with Crippen molar-refractivity contribution in [2.45, 2.75) is 51.6 Å². The highest BCUT2D eigenvalue weighted by atomic mass is 35.5. The molecule has 4 nitrogen and oxygen atoms in total. The van der Waals surface area contributed by atoms with Gasteiger partial charge in [0.05, 0.1) is 5.75 Å². The fraction of sp³-hybridized carbons (Fsp3) is 0.391. The molecule has 162 valence electrons. The Morgan fingerprint density at radius 3 is 2.30 bits per heavy atom. The van der Waals surface area contributed by atoms with E-state index in [9.17, 15) is 14.0 Å². The second-order valence-corrected chi connectivity index (χ2v) is 9.51. The fourth-order valence-electron chi connectivity index (χ4n) is 2.81. The minimum Gasteiger partial charge on any atom is -0.350 e. The molecular weight excluding hydrogens is 423 g/mol. The van der Waals surface area contributed by atoms with Gasteiger partial charge in [-0.15, -0.1) is 11.8 Å². The Labute approximate surface area is 187 Å². The van der Waals surface area contributed by atoms with Crippen molar-refractivity contribution in [2.75, 3.05) is 5.75 Å². The normalized spacial score (nSPS) is 12.3. The topological polar surface area (TPSA) is 49.4 Å². The van der Waals surface area contributed by atoms with Gasteiger partial charge in [-0.2, -0.15) is 0 Å². The van der Waals surface area contributed by atoms with Crippen LogP contribution >= 0.6 is 23.4 Å². The summed E-state index contributed by atoms with van der Waals surface area (Å²) in [5.41, 5.74) is 0.880. The summed E-state index contributed by atoms with van der Waals surface area (Å²) in [6.45, 7) is 7.32. The molecule has 0 aliphatic rings. The lowest BCUT2D eigenvalue weighted by atomic mass is 10.1. The molecule has 1 atom stereocenters. The van der Waals surface area contributed by atoms with Crippen LogP contribution in [0.15, 0.2) is 48.5 Å². The molecule has 0 fully saturated rings. The minimum absolute atomic E-state index is 0.0247. The molecule has 0 saturated heterocycles. The van der Waals surface area contributed by atoms with Crippen molar-refractivity contribution in [2.24, 2.45) is 0 Å². The molecule has 0 unspecified atom stereocenters. The van der Waals surface area contributed by atoms with E-state index in [0.29, 0.717) is 16.3 Å². The maximum atomic E-state index is 14.2. The van der Waals surface area contributed by atoms with Gasteiger partial charge in [-0.3, -0.25) is 9.59 Å². The van der Waals surface area contributed by atoms with Gasteiger partial charge >= 0.3 is 0 Å². The first kappa shape index (κ1) is 24.2. The zero-order valence-corrected chi connectivity index (χ0v) is 19.3. The number of benzene rings is 2. The molecule has 0 aromatic heterocycles. The molecule has 0 aliphatic carbocycles. The molecule has 2 amide bonds. The first-order valence-electron chi connectivity index (χ1n) is 9.74. The van der Waals surface area contributed by atoms with Crippen molar-refractivity contribution in [1.82, 2.24) is 10.2 Å². The number of hydrogen-bond acceptors (Lipinski definition) is 3. The molecule has 0 aliphatic heterocycles. The molecule has 2 aromatic rings. The molecule has 0 bridgehead atoms. The molecule has 0 radical (unpaired) electrons. The van der Waals surface area contributed by atoms with Gasteiger partial charge < -0.3 is 10.2 Å². The molecule has 7 heteroatoms. The first-order valence-corrected chi connectivity index (χ1v) is 11.3. The summed E-state index contributed by atoms with van der Waals surface area (Å²) in [4.78, 5) is 27.1. The van der Waals surface area contributed by atoms with E-state index in [0.717, 1.165) is 5.56 Å². The lowest BCUT2D eigenvalue weighted by Gasteiger charge is -2.31. The van der Waals surface area contributed by atoms with Crippen LogP contribution in [0.1, 0.15) is 38.8 Å². The van der Waals surface area contributed by atoms with Crippen LogP contribution in [-0.4, -0.2) is 34.0 Å². The summed E-state index contributed by atoms with van der Waals surface area (Å²) in [6, 6.07) is 13.0. The van der Waals surface area contributed by atoms with E-state index in [2.05, 4.69) is 5.32 Å². The van der Waals surface area contributed by atoms with Gasteiger partial charge in [0.1, 0.15) is 11.9 Å². The Hall–Kier alpha value is -2.05. The van der Waals surface area contributed by atoms with Gasteiger partial charge in [-0.05, 0) is 45.4 Å². The van der Waals surface area contributed by atoms with Crippen LogP contribution in [0.4, 0.5) is 4.39 Å². The average molecular weight is 451 g/mol. The monoisotopic (exact) mass is 450 g/mol. The molecule has 1 N–H and O–H groups in total. The number of rotatable bonds is 8. The Bertz CT molecular complexity index is 886. The Morgan fingerprint density at radius 2 is 1.70 bits per heavy atom. The van der Waals surface area contributed by atoms with E-state index in [1.165, 1.54) is 22.7 Å². The van der Waals surface area contributed by atoms with Gasteiger partial charge in [-0.25, -0.2) is 4.39 Å². The van der Waals surface area contributed by atoms with E-state index in [1.54, 1.807) is 25.1 Å². The Morgan fingerprint density at radius 1 is 1.10 bits per heavy atom. The largest absolute Gasteiger partial charge is 0.350 e. The molecule has 0 spiro atoms. The summed E-state index contributed by atoms with van der Waals surface area (Å²) in [5.74, 6) is -0.175. The number of carbonyl (C=O) groups is 2. The van der Waals surface area contributed by atoms with E-state index in [1.807, 2.05) is 45.0 Å². The summed E-state index contributed by atoms with van der Waals surface area (Å²) in [5, 5.41) is 3.54. The fourth-order valence-corrected chi connectivity index (χ4v) is 4.01. The Kier molecular flexibility index (Phi) is 8.74. The Balaban J connectivity index is 2.13. The van der Waals surface area contributed by atoms with Crippen molar-refractivity contribution in [1.29, 1.82) is 0 Å². The number of amides is 2. The molecule has 0 heterocycles. The van der Waals surface area contributed by atoms with Crippen molar-refractivity contribution >= 4 is 35.2 Å². The van der Waals surface area contributed by atoms with Crippen molar-refractivity contribution in [3.05, 3.63) is 70.5 Å². The highest BCUT2D eigenvalue weighted by molar-refractivity contribution is 7.99. The quantitative estimate of drug-likeness (QED) is 0.612. The van der Waals surface area contributed by atoms with Gasteiger partial charge in [0.2, 0.25) is 11.8 Å². The van der Waals surface area contributed by atoms with Gasteiger partial charge in [0.15, 0.2) is 0 Å². The maximum Gasteiger partial charge on any atom is 0.242 e. The molecule has 2 rings (SSSR count). The predicted octanol–water partition coefficient (Wildman–Crippen LogP) is 5.04. The highest BCUT2D eigenvalue weighted by Gasteiger charge is 2.28. The van der Waals surface area contributed by atoms with Gasteiger partial charge in [0.25, 0.3) is 0 Å². The van der Waals surface area contributed by atoms with E-state index >= 15 is 0 Å². The third-order valence-electron chi connectivity index (χ3n) is 4.40. The maximum absolute atomic E-state index is 14.2. The van der Waals surface area contributed by atoms with Crippen molar-refractivity contribution in [3.8, 4) is 0 Å². The average Bonchev–Trinajstić information content (AvgIpc) is 2.67. The lowest BCUT2D eigenvalue weighted by Crippen LogP contribution is -2.52. The van der Waals surface area contributed by atoms with Crippen LogP contribution in [0, 0.1) is 5.82 Å². The predicted molar refractivity (Wildman–Crippen MR) is 122 cm³/mol. The number of hydrogen-bond donors (Lipinski definition) is 1. The smallest absolute Gasteiger partial charge is 0.242 e. The van der Waals surface area contributed by atoms with Crippen LogP contribution in [0.2, 0.25) is 5.02 Å². The first-order chi connectivity index (χ1) is 14.1. The highest BCUT2D eigenvalue weighted by Crippen LogP contribution is 2.22. The molecule has 2 aromatic carbocycles. The third kappa shape index (κ3) is 7.33. The number of thioether (sulfide) groups is 1. The van der Waals surface area contributed by atoms with E-state index in [4.69, 9.17) is 11.6 Å². The summed E-state index contributed by atoms with van der Waals surface area (Å²) >= 11 is 7.59. The van der Waals surface area contributed by atoms with Crippen molar-refractivity contribution in [3.63, 3.8) is 0 Å². The van der Waals surface area contributed by atoms with Crippen LogP contribution in [0.25, 0.3) is 0 Å². The second kappa shape index (κ2) is 10.8. The number of halogens is 2. The summed E-state index contributed by atoms with van der Waals surface area (Å²) in [6.07, 6.45) is 0. The van der Waals surface area contributed by atoms with E-state index in [-0.39, 0.29) is 24.1 Å². The zero-order chi connectivity index (χ0) is 22.3. The second-order valence-electron chi connectivity index (χ2n) is 8.11. The van der Waals surface area contributed by atoms with E-state index < -0.39 is 17.4 Å². The standard InChI is InChI=1S/C23H28ClFN2O2S/c1-16(22(29)26-23(2,3)4)27(13-17-9-6-8-12-20(17)25)21(28)15-30-14-18-10-5-7-11-19(18)24/h5-12,16H,13-15H2,1-4H3,(H,26,29)/t16-/m1/s1. The lowest BCUT2D eigenvalue weighted by molar-refractivity contribution is -0.139. The number of nitrogens with zero attached hydrogens (tertiary/aromatic N) is 1. The number of nitrogens with one attached hydrogen (secondary N) is 1. The summed E-state index contributed by atoms with van der Waals surface area (Å²) in [7, 11) is 0. The van der Waals surface area contributed by atoms with Gasteiger partial charge in [-0.1, -0.05) is 48.0 Å². The molecule has 0 saturated carbocycles. The SMILES string of the molecule is C[C@H](C(=O)NC(C)(C)C)N(Cc1ccccc1F)C(=O)CSCc1ccccc1Cl. The van der Waals surface area contributed by atoms with Crippen LogP contribution in [-0.2, 0) is 21.9 Å². The minimum atomic E-state index is -0.739. The molecular formula is C23H28ClFN2O2S. The van der Waals surface area contributed by atoms with Crippen LogP contribution in [0.5, 0.6) is 0 Å². The number of carbonyl (C=O) groups excluding carboxylic acids is 2. The third-order valence-corrected chi connectivity index (χ3v) is 5.74. The zero-order valence-electron chi connectivity index (χ0n) is 17.7. The van der Waals surface area contributed by atoms with Crippen LogP contribution < -0.4 is 5.32 Å². The van der Waals surface area contributed by atoms with Gasteiger partial charge in [0, 0.05) is 28.4 Å². The summed E-state index contributed by atoms with van der Waals surface area (Å²) < 4.78 is 14.2. The van der Waals surface area contributed by atoms with Crippen LogP contribution in [0.3, 0.4) is 0 Å². The van der Waals surface area contributed by atoms with Crippen molar-refractivity contribution < 1.29 is 14.0 Å².